The first-order valence-electron chi connectivity index (χ1n) is 11.3. The van der Waals surface area contributed by atoms with Crippen LogP contribution < -0.4 is 14.4 Å². The highest BCUT2D eigenvalue weighted by Crippen LogP contribution is 2.43. The summed E-state index contributed by atoms with van der Waals surface area (Å²) >= 11 is 0. The van der Waals surface area contributed by atoms with Gasteiger partial charge in [0, 0.05) is 17.7 Å². The Balaban J connectivity index is 1.69. The molecule has 0 saturated carbocycles. The summed E-state index contributed by atoms with van der Waals surface area (Å²) in [5.74, 6) is -0.195. The number of carbonyl (C=O) groups excluding carboxylic acids is 2. The Morgan fingerprint density at radius 2 is 1.88 bits per heavy atom. The number of Topliss-reactive ketones (excluding diaryl/α,β-unsaturated/α-hetero) is 1. The van der Waals surface area contributed by atoms with E-state index in [-0.39, 0.29) is 11.3 Å². The van der Waals surface area contributed by atoms with Crippen molar-refractivity contribution in [2.24, 2.45) is 0 Å². The fourth-order valence-electron chi connectivity index (χ4n) is 4.55. The van der Waals surface area contributed by atoms with Crippen LogP contribution in [0, 0.1) is 6.92 Å². The zero-order valence-corrected chi connectivity index (χ0v) is 19.1. The number of hydrogen-bond donors (Lipinski definition) is 1. The largest absolute Gasteiger partial charge is 0.507 e. The monoisotopic (exact) mass is 455 g/mol. The molecule has 1 atom stereocenters. The number of rotatable bonds is 5. The first kappa shape index (κ1) is 21.8. The van der Waals surface area contributed by atoms with Crippen LogP contribution in [0.2, 0.25) is 0 Å². The topological polar surface area (TPSA) is 76.1 Å². The molecule has 6 heteroatoms. The molecule has 0 aliphatic carbocycles. The first-order chi connectivity index (χ1) is 16.5. The van der Waals surface area contributed by atoms with Crippen molar-refractivity contribution < 1.29 is 24.2 Å². The van der Waals surface area contributed by atoms with Crippen molar-refractivity contribution in [2.75, 3.05) is 18.1 Å². The van der Waals surface area contributed by atoms with Gasteiger partial charge in [0.1, 0.15) is 17.3 Å². The van der Waals surface area contributed by atoms with Gasteiger partial charge in [-0.25, -0.2) is 0 Å². The van der Waals surface area contributed by atoms with Crippen LogP contribution in [-0.4, -0.2) is 30.0 Å². The molecule has 2 heterocycles. The highest BCUT2D eigenvalue weighted by atomic mass is 16.5. The number of aryl methyl sites for hydroxylation is 1. The van der Waals surface area contributed by atoms with Crippen molar-refractivity contribution >= 4 is 23.1 Å². The number of benzene rings is 3. The Morgan fingerprint density at radius 3 is 2.65 bits per heavy atom. The lowest BCUT2D eigenvalue weighted by Gasteiger charge is -2.26. The summed E-state index contributed by atoms with van der Waals surface area (Å²) in [5.41, 5.74) is 3.80. The van der Waals surface area contributed by atoms with Crippen molar-refractivity contribution in [3.05, 3.63) is 94.6 Å². The summed E-state index contributed by atoms with van der Waals surface area (Å²) in [7, 11) is 0. The maximum absolute atomic E-state index is 13.3. The van der Waals surface area contributed by atoms with E-state index in [0.717, 1.165) is 23.3 Å². The Morgan fingerprint density at radius 1 is 1.09 bits per heavy atom. The SMILES string of the molecule is CCOc1cccc(C2/C(=C(/O)c3ccc4c(c3)CCO4)C(=O)C(=O)N2c2ccc(C)cc2)c1. The maximum Gasteiger partial charge on any atom is 0.300 e. The van der Waals surface area contributed by atoms with Gasteiger partial charge in [-0.05, 0) is 67.4 Å². The van der Waals surface area contributed by atoms with E-state index in [1.165, 1.54) is 4.90 Å². The third-order valence-electron chi connectivity index (χ3n) is 6.20. The molecule has 0 aromatic heterocycles. The average molecular weight is 456 g/mol. The fourth-order valence-corrected chi connectivity index (χ4v) is 4.55. The van der Waals surface area contributed by atoms with Crippen LogP contribution in [-0.2, 0) is 16.0 Å². The molecule has 5 rings (SSSR count). The number of amides is 1. The van der Waals surface area contributed by atoms with Gasteiger partial charge >= 0.3 is 0 Å². The third-order valence-corrected chi connectivity index (χ3v) is 6.20. The molecule has 6 nitrogen and oxygen atoms in total. The van der Waals surface area contributed by atoms with Crippen molar-refractivity contribution in [1.29, 1.82) is 0 Å². The van der Waals surface area contributed by atoms with Gasteiger partial charge in [0.25, 0.3) is 11.7 Å². The van der Waals surface area contributed by atoms with Gasteiger partial charge in [-0.3, -0.25) is 14.5 Å². The van der Waals surface area contributed by atoms with Crippen LogP contribution in [0.1, 0.15) is 35.2 Å². The van der Waals surface area contributed by atoms with Gasteiger partial charge in [0.05, 0.1) is 24.8 Å². The molecular formula is C28H25NO5. The van der Waals surface area contributed by atoms with E-state index < -0.39 is 17.7 Å². The van der Waals surface area contributed by atoms with Crippen molar-refractivity contribution in [2.45, 2.75) is 26.3 Å². The number of ketones is 1. The van der Waals surface area contributed by atoms with Gasteiger partial charge in [0.15, 0.2) is 0 Å². The molecular weight excluding hydrogens is 430 g/mol. The predicted molar refractivity (Wildman–Crippen MR) is 129 cm³/mol. The normalized spacial score (nSPS) is 18.6. The number of aliphatic hydroxyl groups excluding tert-OH is 1. The van der Waals surface area contributed by atoms with Crippen LogP contribution in [0.5, 0.6) is 11.5 Å². The summed E-state index contributed by atoms with van der Waals surface area (Å²) in [4.78, 5) is 28.1. The molecule has 1 N–H and O–H groups in total. The fraction of sp³-hybridized carbons (Fsp3) is 0.214. The number of fused-ring (bicyclic) bond motifs is 1. The molecule has 1 saturated heterocycles. The standard InChI is InChI=1S/C28H25NO5/c1-3-33-22-6-4-5-19(16-22)25-24(26(30)20-9-12-23-18(15-20)13-14-34-23)27(31)28(32)29(25)21-10-7-17(2)8-11-21/h4-12,15-16,25,30H,3,13-14H2,1-2H3/b26-24-. The lowest BCUT2D eigenvalue weighted by atomic mass is 9.94. The van der Waals surface area contributed by atoms with Crippen LogP contribution >= 0.6 is 0 Å². The van der Waals surface area contributed by atoms with Crippen molar-refractivity contribution in [1.82, 2.24) is 0 Å². The zero-order chi connectivity index (χ0) is 23.8. The molecule has 3 aromatic rings. The van der Waals surface area contributed by atoms with Gasteiger partial charge in [-0.15, -0.1) is 0 Å². The van der Waals surface area contributed by atoms with Gasteiger partial charge in [0.2, 0.25) is 0 Å². The second-order valence-corrected chi connectivity index (χ2v) is 8.43. The van der Waals surface area contributed by atoms with E-state index in [0.29, 0.717) is 35.8 Å². The number of anilines is 1. The lowest BCUT2D eigenvalue weighted by molar-refractivity contribution is -0.132. The summed E-state index contributed by atoms with van der Waals surface area (Å²) in [6.45, 7) is 4.92. The average Bonchev–Trinajstić information content (AvgIpc) is 3.42. The van der Waals surface area contributed by atoms with E-state index in [1.54, 1.807) is 12.1 Å². The predicted octanol–water partition coefficient (Wildman–Crippen LogP) is 4.95. The molecule has 172 valence electrons. The summed E-state index contributed by atoms with van der Waals surface area (Å²) in [6, 6.07) is 19.2. The lowest BCUT2D eigenvalue weighted by Crippen LogP contribution is -2.29. The molecule has 34 heavy (non-hydrogen) atoms. The Hall–Kier alpha value is -4.06. The van der Waals surface area contributed by atoms with Crippen LogP contribution in [0.25, 0.3) is 5.76 Å². The molecule has 1 amide bonds. The van der Waals surface area contributed by atoms with Gasteiger partial charge < -0.3 is 14.6 Å². The minimum absolute atomic E-state index is 0.0538. The summed E-state index contributed by atoms with van der Waals surface area (Å²) in [5, 5.41) is 11.4. The molecule has 2 aliphatic heterocycles. The van der Waals surface area contributed by atoms with Crippen LogP contribution in [0.3, 0.4) is 0 Å². The Kier molecular flexibility index (Phi) is 5.57. The second-order valence-electron chi connectivity index (χ2n) is 8.43. The van der Waals surface area contributed by atoms with E-state index >= 15 is 0 Å². The van der Waals surface area contributed by atoms with E-state index in [4.69, 9.17) is 9.47 Å². The van der Waals surface area contributed by atoms with Crippen molar-refractivity contribution in [3.63, 3.8) is 0 Å². The molecule has 2 aliphatic rings. The van der Waals surface area contributed by atoms with Gasteiger partial charge in [-0.2, -0.15) is 0 Å². The van der Waals surface area contributed by atoms with E-state index in [2.05, 4.69) is 0 Å². The van der Waals surface area contributed by atoms with E-state index in [9.17, 15) is 14.7 Å². The molecule has 1 fully saturated rings. The first-order valence-corrected chi connectivity index (χ1v) is 11.3. The van der Waals surface area contributed by atoms with E-state index in [1.807, 2.05) is 68.4 Å². The molecule has 0 bridgehead atoms. The molecule has 0 radical (unpaired) electrons. The summed E-state index contributed by atoms with van der Waals surface area (Å²) in [6.07, 6.45) is 0.730. The number of nitrogens with zero attached hydrogens (tertiary/aromatic N) is 1. The molecule has 3 aromatic carbocycles. The minimum atomic E-state index is -0.799. The Labute approximate surface area is 198 Å². The smallest absolute Gasteiger partial charge is 0.300 e. The second kappa shape index (κ2) is 8.71. The number of carbonyl (C=O) groups is 2. The van der Waals surface area contributed by atoms with Gasteiger partial charge in [-0.1, -0.05) is 29.8 Å². The Bertz CT molecular complexity index is 1310. The number of ether oxygens (including phenoxy) is 2. The number of hydrogen-bond acceptors (Lipinski definition) is 5. The summed E-state index contributed by atoms with van der Waals surface area (Å²) < 4.78 is 11.2. The molecule has 0 spiro atoms. The highest BCUT2D eigenvalue weighted by molar-refractivity contribution is 6.51. The zero-order valence-electron chi connectivity index (χ0n) is 19.1. The van der Waals surface area contributed by atoms with Crippen molar-refractivity contribution in [3.8, 4) is 11.5 Å². The third kappa shape index (κ3) is 3.71. The highest BCUT2D eigenvalue weighted by Gasteiger charge is 2.47. The maximum atomic E-state index is 13.3. The van der Waals surface area contributed by atoms with Crippen LogP contribution in [0.4, 0.5) is 5.69 Å². The number of aliphatic hydroxyl groups is 1. The quantitative estimate of drug-likeness (QED) is 0.335. The molecule has 1 unspecified atom stereocenters. The minimum Gasteiger partial charge on any atom is -0.507 e. The van der Waals surface area contributed by atoms with Crippen LogP contribution in [0.15, 0.2) is 72.3 Å².